The Kier molecular flexibility index (Phi) is 4.11. The lowest BCUT2D eigenvalue weighted by Crippen LogP contribution is -2.38. The van der Waals surface area contributed by atoms with Gasteiger partial charge in [-0.1, -0.05) is 12.1 Å². The number of carboxylic acid groups (broad SMARTS) is 1. The lowest BCUT2D eigenvalue weighted by molar-refractivity contribution is -0.146. The van der Waals surface area contributed by atoms with E-state index in [1.165, 1.54) is 11.0 Å². The number of carboxylic acids is 1. The summed E-state index contributed by atoms with van der Waals surface area (Å²) in [5, 5.41) is 8.40. The minimum Gasteiger partial charge on any atom is -0.480 e. The molecule has 1 aromatic carbocycles. The lowest BCUT2D eigenvalue weighted by Gasteiger charge is -2.29. The van der Waals surface area contributed by atoms with Gasteiger partial charge in [0.1, 0.15) is 19.0 Å². The van der Waals surface area contributed by atoms with Crippen LogP contribution < -0.4 is 0 Å². The van der Waals surface area contributed by atoms with E-state index in [4.69, 9.17) is 9.84 Å². The zero-order chi connectivity index (χ0) is 13.8. The van der Waals surface area contributed by atoms with Crippen molar-refractivity contribution in [1.29, 1.82) is 0 Å². The first-order chi connectivity index (χ1) is 9.08. The van der Waals surface area contributed by atoms with E-state index in [0.29, 0.717) is 18.5 Å². The van der Waals surface area contributed by atoms with Crippen molar-refractivity contribution in [3.05, 3.63) is 35.1 Å². The number of fused-ring (bicyclic) bond motifs is 1. The predicted octanol–water partition coefficient (Wildman–Crippen LogP) is 0.812. The molecule has 0 aromatic heterocycles. The quantitative estimate of drug-likeness (QED) is 0.876. The number of hydrogen-bond donors (Lipinski definition) is 1. The number of rotatable bonds is 4. The van der Waals surface area contributed by atoms with Gasteiger partial charge in [-0.3, -0.25) is 4.79 Å². The summed E-state index contributed by atoms with van der Waals surface area (Å²) in [6.45, 7) is -0.108. The van der Waals surface area contributed by atoms with Gasteiger partial charge in [0.2, 0.25) is 5.91 Å². The first-order valence-electron chi connectivity index (χ1n) is 5.91. The second-order valence-electron chi connectivity index (χ2n) is 4.33. The standard InChI is InChI=1S/C13H14FNO4/c14-11-3-1-2-9-4-5-15(6-10(9)11)12(16)7-19-8-13(17)18/h1-3H,4-8H2,(H,17,18). The fourth-order valence-corrected chi connectivity index (χ4v) is 2.07. The second-order valence-corrected chi connectivity index (χ2v) is 4.33. The van der Waals surface area contributed by atoms with Gasteiger partial charge in [0.05, 0.1) is 0 Å². The normalized spacial score (nSPS) is 14.1. The molecule has 1 heterocycles. The van der Waals surface area contributed by atoms with Crippen molar-refractivity contribution in [2.24, 2.45) is 0 Å². The zero-order valence-electron chi connectivity index (χ0n) is 10.3. The molecule has 0 spiro atoms. The third kappa shape index (κ3) is 3.29. The molecular formula is C13H14FNO4. The summed E-state index contributed by atoms with van der Waals surface area (Å²) in [6, 6.07) is 4.87. The smallest absolute Gasteiger partial charge is 0.329 e. The number of halogens is 1. The molecule has 1 aliphatic rings. The van der Waals surface area contributed by atoms with Crippen molar-refractivity contribution in [3.63, 3.8) is 0 Å². The van der Waals surface area contributed by atoms with Gasteiger partial charge in [-0.15, -0.1) is 0 Å². The van der Waals surface area contributed by atoms with Gasteiger partial charge in [0.15, 0.2) is 0 Å². The number of carbonyl (C=O) groups excluding carboxylic acids is 1. The van der Waals surface area contributed by atoms with E-state index in [2.05, 4.69) is 0 Å². The van der Waals surface area contributed by atoms with Gasteiger partial charge in [0, 0.05) is 18.7 Å². The third-order valence-corrected chi connectivity index (χ3v) is 3.02. The molecule has 102 valence electrons. The van der Waals surface area contributed by atoms with Crippen molar-refractivity contribution in [1.82, 2.24) is 4.90 Å². The topological polar surface area (TPSA) is 66.8 Å². The van der Waals surface area contributed by atoms with Crippen molar-refractivity contribution < 1.29 is 23.8 Å². The molecule has 1 aliphatic heterocycles. The van der Waals surface area contributed by atoms with E-state index in [0.717, 1.165) is 5.56 Å². The number of nitrogens with zero attached hydrogens (tertiary/aromatic N) is 1. The highest BCUT2D eigenvalue weighted by Crippen LogP contribution is 2.21. The average molecular weight is 267 g/mol. The molecule has 1 aromatic rings. The van der Waals surface area contributed by atoms with Crippen LogP contribution in [0.4, 0.5) is 4.39 Å². The first kappa shape index (κ1) is 13.5. The number of aliphatic carboxylic acids is 1. The van der Waals surface area contributed by atoms with Gasteiger partial charge < -0.3 is 14.7 Å². The minimum absolute atomic E-state index is 0.206. The van der Waals surface area contributed by atoms with Crippen LogP contribution in [0.2, 0.25) is 0 Å². The Balaban J connectivity index is 1.95. The molecule has 0 saturated carbocycles. The summed E-state index contributed by atoms with van der Waals surface area (Å²) in [5.41, 5.74) is 1.44. The van der Waals surface area contributed by atoms with Crippen LogP contribution in [0.5, 0.6) is 0 Å². The van der Waals surface area contributed by atoms with Gasteiger partial charge in [-0.2, -0.15) is 0 Å². The molecule has 0 saturated heterocycles. The Morgan fingerprint density at radius 1 is 1.37 bits per heavy atom. The van der Waals surface area contributed by atoms with Crippen molar-refractivity contribution in [2.75, 3.05) is 19.8 Å². The van der Waals surface area contributed by atoms with Gasteiger partial charge in [-0.25, -0.2) is 9.18 Å². The van der Waals surface area contributed by atoms with Crippen LogP contribution in [0, 0.1) is 5.82 Å². The molecule has 6 heteroatoms. The SMILES string of the molecule is O=C(O)COCC(=O)N1CCc2cccc(F)c2C1. The van der Waals surface area contributed by atoms with E-state index in [9.17, 15) is 14.0 Å². The van der Waals surface area contributed by atoms with Crippen LogP contribution in [0.25, 0.3) is 0 Å². The van der Waals surface area contributed by atoms with Gasteiger partial charge in [-0.05, 0) is 18.1 Å². The van der Waals surface area contributed by atoms with Crippen molar-refractivity contribution in [2.45, 2.75) is 13.0 Å². The summed E-state index contributed by atoms with van der Waals surface area (Å²) in [6.07, 6.45) is 0.595. The van der Waals surface area contributed by atoms with Crippen LogP contribution in [-0.2, 0) is 27.3 Å². The zero-order valence-corrected chi connectivity index (χ0v) is 10.3. The number of benzene rings is 1. The van der Waals surface area contributed by atoms with E-state index in [1.807, 2.05) is 6.07 Å². The maximum absolute atomic E-state index is 13.6. The highest BCUT2D eigenvalue weighted by Gasteiger charge is 2.22. The molecule has 0 unspecified atom stereocenters. The molecule has 0 atom stereocenters. The van der Waals surface area contributed by atoms with Gasteiger partial charge in [0.25, 0.3) is 0 Å². The summed E-state index contributed by atoms with van der Waals surface area (Å²) < 4.78 is 18.4. The Morgan fingerprint density at radius 3 is 2.89 bits per heavy atom. The van der Waals surface area contributed by atoms with Crippen LogP contribution >= 0.6 is 0 Å². The van der Waals surface area contributed by atoms with E-state index in [-0.39, 0.29) is 24.9 Å². The molecule has 0 radical (unpaired) electrons. The molecule has 0 aliphatic carbocycles. The lowest BCUT2D eigenvalue weighted by atomic mass is 9.99. The molecule has 5 nitrogen and oxygen atoms in total. The number of hydrogen-bond acceptors (Lipinski definition) is 3. The van der Waals surface area contributed by atoms with E-state index < -0.39 is 12.6 Å². The van der Waals surface area contributed by atoms with Crippen LogP contribution in [0.15, 0.2) is 18.2 Å². The number of ether oxygens (including phenoxy) is 1. The largest absolute Gasteiger partial charge is 0.480 e. The van der Waals surface area contributed by atoms with E-state index >= 15 is 0 Å². The van der Waals surface area contributed by atoms with Crippen LogP contribution in [0.1, 0.15) is 11.1 Å². The van der Waals surface area contributed by atoms with Crippen LogP contribution in [-0.4, -0.2) is 41.6 Å². The maximum Gasteiger partial charge on any atom is 0.329 e. The fourth-order valence-electron chi connectivity index (χ4n) is 2.07. The van der Waals surface area contributed by atoms with Crippen LogP contribution in [0.3, 0.4) is 0 Å². The minimum atomic E-state index is -1.12. The highest BCUT2D eigenvalue weighted by atomic mass is 19.1. The molecule has 19 heavy (non-hydrogen) atoms. The Hall–Kier alpha value is -1.95. The second kappa shape index (κ2) is 5.79. The third-order valence-electron chi connectivity index (χ3n) is 3.02. The Morgan fingerprint density at radius 2 is 2.16 bits per heavy atom. The maximum atomic E-state index is 13.6. The molecule has 2 rings (SSSR count). The molecular weight excluding hydrogens is 253 g/mol. The predicted molar refractivity (Wildman–Crippen MR) is 64.0 cm³/mol. The molecule has 0 bridgehead atoms. The summed E-state index contributed by atoms with van der Waals surface area (Å²) in [5.74, 6) is -1.76. The molecule has 1 amide bonds. The first-order valence-corrected chi connectivity index (χ1v) is 5.91. The average Bonchev–Trinajstić information content (AvgIpc) is 2.38. The monoisotopic (exact) mass is 267 g/mol. The van der Waals surface area contributed by atoms with Crippen molar-refractivity contribution >= 4 is 11.9 Å². The summed E-state index contributed by atoms with van der Waals surface area (Å²) >= 11 is 0. The highest BCUT2D eigenvalue weighted by molar-refractivity contribution is 5.78. The summed E-state index contributed by atoms with van der Waals surface area (Å²) in [7, 11) is 0. The Bertz CT molecular complexity index is 503. The number of amides is 1. The molecule has 1 N–H and O–H groups in total. The Labute approximate surface area is 109 Å². The summed E-state index contributed by atoms with van der Waals surface area (Å²) in [4.78, 5) is 23.5. The van der Waals surface area contributed by atoms with E-state index in [1.54, 1.807) is 6.07 Å². The van der Waals surface area contributed by atoms with Crippen molar-refractivity contribution in [3.8, 4) is 0 Å². The molecule has 0 fully saturated rings. The fraction of sp³-hybridized carbons (Fsp3) is 0.385. The van der Waals surface area contributed by atoms with Gasteiger partial charge >= 0.3 is 5.97 Å². The number of carbonyl (C=O) groups is 2.